The van der Waals surface area contributed by atoms with Crippen molar-refractivity contribution in [1.29, 1.82) is 0 Å². The number of methoxy groups -OCH3 is 1. The smallest absolute Gasteiger partial charge is 0.338 e. The van der Waals surface area contributed by atoms with Gasteiger partial charge in [0.1, 0.15) is 11.9 Å². The zero-order valence-electron chi connectivity index (χ0n) is 15.6. The normalized spacial score (nSPS) is 26.8. The molecule has 0 aromatic heterocycles. The molecular formula is C18H22O10. The van der Waals surface area contributed by atoms with E-state index >= 15 is 0 Å². The largest absolute Gasteiger partial charge is 0.467 e. The third-order valence-corrected chi connectivity index (χ3v) is 3.92. The van der Waals surface area contributed by atoms with Gasteiger partial charge in [0.15, 0.2) is 12.2 Å². The first kappa shape index (κ1) is 21.6. The standard InChI is InChI=1S/C18H22O10/c1-9(20)25-14-13(22)15(17(23)24-3)28-18(16(14)26-10(2)21)27-12-6-4-11(8-19)5-7-12/h4-7,13-16,18-19,22H,8H2,1-3H3/t13-,14-,15-,16+,18+/m0/s1. The van der Waals surface area contributed by atoms with Crippen molar-refractivity contribution >= 4 is 17.9 Å². The highest BCUT2D eigenvalue weighted by atomic mass is 16.7. The first-order valence-electron chi connectivity index (χ1n) is 8.39. The molecule has 0 aliphatic carbocycles. The highest BCUT2D eigenvalue weighted by Crippen LogP contribution is 2.29. The topological polar surface area (TPSA) is 138 Å². The molecule has 0 amide bonds. The van der Waals surface area contributed by atoms with E-state index in [2.05, 4.69) is 4.74 Å². The van der Waals surface area contributed by atoms with E-state index < -0.39 is 48.6 Å². The van der Waals surface area contributed by atoms with E-state index in [0.29, 0.717) is 5.56 Å². The quantitative estimate of drug-likeness (QED) is 0.484. The van der Waals surface area contributed by atoms with Gasteiger partial charge in [-0.1, -0.05) is 12.1 Å². The molecule has 1 aromatic rings. The molecule has 1 aliphatic rings. The lowest BCUT2D eigenvalue weighted by atomic mass is 9.98. The van der Waals surface area contributed by atoms with Crippen molar-refractivity contribution in [3.05, 3.63) is 29.8 Å². The molecule has 10 heteroatoms. The Morgan fingerprint density at radius 3 is 2.11 bits per heavy atom. The minimum atomic E-state index is -1.66. The van der Waals surface area contributed by atoms with Gasteiger partial charge in [0.25, 0.3) is 0 Å². The van der Waals surface area contributed by atoms with E-state index in [4.69, 9.17) is 24.1 Å². The molecule has 2 N–H and O–H groups in total. The Morgan fingerprint density at radius 1 is 1.04 bits per heavy atom. The van der Waals surface area contributed by atoms with E-state index in [1.807, 2.05) is 0 Å². The lowest BCUT2D eigenvalue weighted by Gasteiger charge is -2.41. The number of ether oxygens (including phenoxy) is 5. The molecule has 0 unspecified atom stereocenters. The van der Waals surface area contributed by atoms with E-state index in [0.717, 1.165) is 21.0 Å². The summed E-state index contributed by atoms with van der Waals surface area (Å²) in [4.78, 5) is 35.0. The molecule has 1 aromatic carbocycles. The van der Waals surface area contributed by atoms with Gasteiger partial charge in [-0.05, 0) is 17.7 Å². The van der Waals surface area contributed by atoms with Crippen LogP contribution in [-0.4, -0.2) is 65.9 Å². The van der Waals surface area contributed by atoms with Crippen LogP contribution in [0.3, 0.4) is 0 Å². The Labute approximate surface area is 160 Å². The van der Waals surface area contributed by atoms with Crippen molar-refractivity contribution in [2.75, 3.05) is 7.11 Å². The van der Waals surface area contributed by atoms with Crippen molar-refractivity contribution in [1.82, 2.24) is 0 Å². The molecule has 2 rings (SSSR count). The summed E-state index contributed by atoms with van der Waals surface area (Å²) in [5.74, 6) is -2.16. The summed E-state index contributed by atoms with van der Waals surface area (Å²) >= 11 is 0. The number of hydrogen-bond acceptors (Lipinski definition) is 10. The van der Waals surface area contributed by atoms with Crippen LogP contribution in [-0.2, 0) is 39.9 Å². The average Bonchev–Trinajstić information content (AvgIpc) is 2.66. The van der Waals surface area contributed by atoms with Gasteiger partial charge in [-0.2, -0.15) is 0 Å². The van der Waals surface area contributed by atoms with Crippen molar-refractivity contribution in [3.8, 4) is 5.75 Å². The molecule has 1 aliphatic heterocycles. The fourth-order valence-corrected chi connectivity index (χ4v) is 2.68. The molecule has 154 valence electrons. The third kappa shape index (κ3) is 5.18. The molecule has 5 atom stereocenters. The summed E-state index contributed by atoms with van der Waals surface area (Å²) in [6.45, 7) is 2.06. The second-order valence-corrected chi connectivity index (χ2v) is 6.01. The van der Waals surface area contributed by atoms with Crippen LogP contribution in [0.5, 0.6) is 5.75 Å². The number of benzene rings is 1. The van der Waals surface area contributed by atoms with Gasteiger partial charge in [0.05, 0.1) is 13.7 Å². The highest BCUT2D eigenvalue weighted by molar-refractivity contribution is 5.76. The molecule has 1 saturated heterocycles. The van der Waals surface area contributed by atoms with Crippen molar-refractivity contribution in [2.45, 2.75) is 51.2 Å². The van der Waals surface area contributed by atoms with Crippen LogP contribution >= 0.6 is 0 Å². The average molecular weight is 398 g/mol. The molecule has 28 heavy (non-hydrogen) atoms. The van der Waals surface area contributed by atoms with Crippen molar-refractivity contribution < 1.29 is 48.3 Å². The summed E-state index contributed by atoms with van der Waals surface area (Å²) in [5.41, 5.74) is 0.633. The van der Waals surface area contributed by atoms with E-state index in [9.17, 15) is 19.5 Å². The Morgan fingerprint density at radius 2 is 1.61 bits per heavy atom. The second kappa shape index (κ2) is 9.49. The number of aliphatic hydroxyl groups is 2. The van der Waals surface area contributed by atoms with Gasteiger partial charge in [-0.3, -0.25) is 9.59 Å². The van der Waals surface area contributed by atoms with Gasteiger partial charge in [-0.15, -0.1) is 0 Å². The molecule has 1 heterocycles. The third-order valence-electron chi connectivity index (χ3n) is 3.92. The van der Waals surface area contributed by atoms with Gasteiger partial charge >= 0.3 is 17.9 Å². The number of aliphatic hydroxyl groups excluding tert-OH is 2. The summed E-state index contributed by atoms with van der Waals surface area (Å²) in [5, 5.41) is 19.5. The Kier molecular flexibility index (Phi) is 7.32. The number of carbonyl (C=O) groups excluding carboxylic acids is 3. The molecule has 0 bridgehead atoms. The fourth-order valence-electron chi connectivity index (χ4n) is 2.68. The number of rotatable bonds is 6. The van der Waals surface area contributed by atoms with Gasteiger partial charge in [0, 0.05) is 13.8 Å². The SMILES string of the molecule is COC(=O)[C@H]1O[C@@H](Oc2ccc(CO)cc2)[C@H](OC(C)=O)[C@@H](OC(C)=O)[C@@H]1O. The predicted molar refractivity (Wildman–Crippen MR) is 90.8 cm³/mol. The van der Waals surface area contributed by atoms with Crippen LogP contribution in [0.4, 0.5) is 0 Å². The van der Waals surface area contributed by atoms with Crippen LogP contribution in [0.2, 0.25) is 0 Å². The van der Waals surface area contributed by atoms with Gasteiger partial charge in [0.2, 0.25) is 12.4 Å². The van der Waals surface area contributed by atoms with Crippen LogP contribution in [0.25, 0.3) is 0 Å². The second-order valence-electron chi connectivity index (χ2n) is 6.01. The zero-order valence-corrected chi connectivity index (χ0v) is 15.6. The number of carbonyl (C=O) groups is 3. The fraction of sp³-hybridized carbons (Fsp3) is 0.500. The maximum absolute atomic E-state index is 12.0. The summed E-state index contributed by atoms with van der Waals surface area (Å²) < 4.78 is 26.0. The van der Waals surface area contributed by atoms with Crippen LogP contribution in [0, 0.1) is 0 Å². The van der Waals surface area contributed by atoms with E-state index in [1.165, 1.54) is 12.1 Å². The monoisotopic (exact) mass is 398 g/mol. The molecule has 0 saturated carbocycles. The Balaban J connectivity index is 2.35. The summed E-state index contributed by atoms with van der Waals surface area (Å²) in [6.07, 6.45) is -7.36. The molecular weight excluding hydrogens is 376 g/mol. The van der Waals surface area contributed by atoms with E-state index in [1.54, 1.807) is 12.1 Å². The van der Waals surface area contributed by atoms with Crippen LogP contribution < -0.4 is 4.74 Å². The van der Waals surface area contributed by atoms with Gasteiger partial charge < -0.3 is 33.9 Å². The van der Waals surface area contributed by atoms with Crippen molar-refractivity contribution in [2.24, 2.45) is 0 Å². The maximum Gasteiger partial charge on any atom is 0.338 e. The number of hydrogen-bond donors (Lipinski definition) is 2. The minimum Gasteiger partial charge on any atom is -0.467 e. The molecule has 10 nitrogen and oxygen atoms in total. The van der Waals surface area contributed by atoms with E-state index in [-0.39, 0.29) is 12.4 Å². The van der Waals surface area contributed by atoms with Crippen LogP contribution in [0.15, 0.2) is 24.3 Å². The minimum absolute atomic E-state index is 0.165. The van der Waals surface area contributed by atoms with Crippen molar-refractivity contribution in [3.63, 3.8) is 0 Å². The molecule has 0 spiro atoms. The Bertz CT molecular complexity index is 701. The zero-order chi connectivity index (χ0) is 20.8. The lowest BCUT2D eigenvalue weighted by Crippen LogP contribution is -2.63. The maximum atomic E-state index is 12.0. The van der Waals surface area contributed by atoms with Gasteiger partial charge in [-0.25, -0.2) is 4.79 Å². The number of esters is 3. The first-order valence-corrected chi connectivity index (χ1v) is 8.39. The molecule has 0 radical (unpaired) electrons. The molecule has 1 fully saturated rings. The highest BCUT2D eigenvalue weighted by Gasteiger charge is 2.53. The Hall–Kier alpha value is -2.69. The lowest BCUT2D eigenvalue weighted by molar-refractivity contribution is -0.279. The van der Waals surface area contributed by atoms with Crippen LogP contribution in [0.1, 0.15) is 19.4 Å². The summed E-state index contributed by atoms with van der Waals surface area (Å²) in [6, 6.07) is 6.24. The predicted octanol–water partition coefficient (Wildman–Crippen LogP) is -0.320. The first-order chi connectivity index (χ1) is 13.3. The summed E-state index contributed by atoms with van der Waals surface area (Å²) in [7, 11) is 1.10.